The SMILES string of the molecule is Cl.NCC1CCCCN1C(=O)c1ccc(=O)n(-c2ccc(F)cc2)n1. The number of nitrogens with zero attached hydrogens (tertiary/aromatic N) is 3. The number of aromatic nitrogens is 2. The molecule has 6 nitrogen and oxygen atoms in total. The lowest BCUT2D eigenvalue weighted by molar-refractivity contribution is 0.0615. The van der Waals surface area contributed by atoms with E-state index in [1.807, 2.05) is 0 Å². The molecule has 1 fully saturated rings. The molecule has 1 atom stereocenters. The van der Waals surface area contributed by atoms with Crippen molar-refractivity contribution >= 4 is 18.3 Å². The van der Waals surface area contributed by atoms with Gasteiger partial charge in [-0.1, -0.05) is 0 Å². The number of benzene rings is 1. The number of rotatable bonds is 3. The van der Waals surface area contributed by atoms with Gasteiger partial charge in [-0.05, 0) is 49.6 Å². The Morgan fingerprint density at radius 3 is 2.60 bits per heavy atom. The fourth-order valence-corrected chi connectivity index (χ4v) is 2.95. The van der Waals surface area contributed by atoms with Crippen LogP contribution in [0.15, 0.2) is 41.2 Å². The predicted molar refractivity (Wildman–Crippen MR) is 94.8 cm³/mol. The molecule has 25 heavy (non-hydrogen) atoms. The molecule has 0 aliphatic carbocycles. The van der Waals surface area contributed by atoms with Crippen LogP contribution >= 0.6 is 12.4 Å². The Labute approximate surface area is 150 Å². The third-order valence-electron chi connectivity index (χ3n) is 4.25. The number of piperidine rings is 1. The summed E-state index contributed by atoms with van der Waals surface area (Å²) in [6.07, 6.45) is 2.85. The Kier molecular flexibility index (Phi) is 6.27. The minimum atomic E-state index is -0.405. The van der Waals surface area contributed by atoms with Crippen LogP contribution in [-0.2, 0) is 0 Å². The van der Waals surface area contributed by atoms with E-state index in [9.17, 15) is 14.0 Å². The summed E-state index contributed by atoms with van der Waals surface area (Å²) in [6.45, 7) is 1.04. The van der Waals surface area contributed by atoms with E-state index in [-0.39, 0.29) is 35.6 Å². The summed E-state index contributed by atoms with van der Waals surface area (Å²) in [5.74, 6) is -0.640. The molecule has 1 aliphatic rings. The molecule has 1 aliphatic heterocycles. The lowest BCUT2D eigenvalue weighted by Crippen LogP contribution is -2.48. The Balaban J connectivity index is 0.00000225. The summed E-state index contributed by atoms with van der Waals surface area (Å²) in [4.78, 5) is 26.5. The average molecular weight is 367 g/mol. The third-order valence-corrected chi connectivity index (χ3v) is 4.25. The van der Waals surface area contributed by atoms with Crippen LogP contribution in [0.4, 0.5) is 4.39 Å². The maximum atomic E-state index is 13.1. The van der Waals surface area contributed by atoms with E-state index in [1.54, 1.807) is 4.90 Å². The first-order chi connectivity index (χ1) is 11.6. The second-order valence-electron chi connectivity index (χ2n) is 5.83. The number of carbonyl (C=O) groups excluding carboxylic acids is 1. The first kappa shape index (κ1) is 19.1. The minimum absolute atomic E-state index is 0. The van der Waals surface area contributed by atoms with E-state index < -0.39 is 5.82 Å². The first-order valence-electron chi connectivity index (χ1n) is 7.97. The Morgan fingerprint density at radius 2 is 1.92 bits per heavy atom. The highest BCUT2D eigenvalue weighted by Crippen LogP contribution is 2.18. The topological polar surface area (TPSA) is 81.2 Å². The average Bonchev–Trinajstić information content (AvgIpc) is 2.62. The van der Waals surface area contributed by atoms with Gasteiger partial charge in [0.1, 0.15) is 11.5 Å². The zero-order valence-corrected chi connectivity index (χ0v) is 14.4. The molecule has 0 saturated carbocycles. The number of nitrogens with two attached hydrogens (primary N) is 1. The summed E-state index contributed by atoms with van der Waals surface area (Å²) >= 11 is 0. The number of hydrogen-bond donors (Lipinski definition) is 1. The van der Waals surface area contributed by atoms with Crippen molar-refractivity contribution in [1.29, 1.82) is 0 Å². The van der Waals surface area contributed by atoms with E-state index in [2.05, 4.69) is 5.10 Å². The number of hydrogen-bond acceptors (Lipinski definition) is 4. The molecule has 0 spiro atoms. The fraction of sp³-hybridized carbons (Fsp3) is 0.353. The van der Waals surface area contributed by atoms with E-state index in [0.717, 1.165) is 23.9 Å². The normalized spacial score (nSPS) is 17.0. The predicted octanol–water partition coefficient (Wildman–Crippen LogP) is 1.75. The highest BCUT2D eigenvalue weighted by molar-refractivity contribution is 5.92. The van der Waals surface area contributed by atoms with E-state index in [0.29, 0.717) is 18.8 Å². The van der Waals surface area contributed by atoms with Gasteiger partial charge in [0.05, 0.1) is 5.69 Å². The number of amides is 1. The first-order valence-corrected chi connectivity index (χ1v) is 7.97. The molecule has 1 amide bonds. The monoisotopic (exact) mass is 366 g/mol. The molecule has 2 N–H and O–H groups in total. The van der Waals surface area contributed by atoms with Crippen LogP contribution in [0.2, 0.25) is 0 Å². The zero-order chi connectivity index (χ0) is 17.1. The highest BCUT2D eigenvalue weighted by Gasteiger charge is 2.27. The molecule has 1 aromatic carbocycles. The van der Waals surface area contributed by atoms with E-state index in [1.165, 1.54) is 36.4 Å². The van der Waals surface area contributed by atoms with Crippen molar-refractivity contribution < 1.29 is 9.18 Å². The van der Waals surface area contributed by atoms with Crippen LogP contribution < -0.4 is 11.3 Å². The van der Waals surface area contributed by atoms with Crippen LogP contribution in [0.3, 0.4) is 0 Å². The molecule has 3 rings (SSSR count). The van der Waals surface area contributed by atoms with Gasteiger partial charge in [0.25, 0.3) is 11.5 Å². The standard InChI is InChI=1S/C17H19FN4O2.ClH/c18-12-4-6-13(7-5-12)22-16(23)9-8-15(20-22)17(24)21-10-2-1-3-14(21)11-19;/h4-9,14H,1-3,10-11,19H2;1H. The summed E-state index contributed by atoms with van der Waals surface area (Å²) < 4.78 is 14.2. The van der Waals surface area contributed by atoms with Gasteiger partial charge in [-0.25, -0.2) is 4.39 Å². The fourth-order valence-electron chi connectivity index (χ4n) is 2.95. The second-order valence-corrected chi connectivity index (χ2v) is 5.83. The van der Waals surface area contributed by atoms with Crippen molar-refractivity contribution in [2.75, 3.05) is 13.1 Å². The second kappa shape index (κ2) is 8.22. The molecule has 1 saturated heterocycles. The van der Waals surface area contributed by atoms with Crippen LogP contribution in [0, 0.1) is 5.82 Å². The Hall–Kier alpha value is -2.25. The molecule has 1 unspecified atom stereocenters. The molecule has 0 radical (unpaired) electrons. The summed E-state index contributed by atoms with van der Waals surface area (Å²) in [7, 11) is 0. The smallest absolute Gasteiger partial charge is 0.274 e. The maximum Gasteiger partial charge on any atom is 0.274 e. The van der Waals surface area contributed by atoms with Gasteiger partial charge in [-0.15, -0.1) is 12.4 Å². The van der Waals surface area contributed by atoms with Gasteiger partial charge >= 0.3 is 0 Å². The van der Waals surface area contributed by atoms with Gasteiger partial charge in [-0.3, -0.25) is 9.59 Å². The molecular weight excluding hydrogens is 347 g/mol. The third kappa shape index (κ3) is 4.05. The zero-order valence-electron chi connectivity index (χ0n) is 13.6. The van der Waals surface area contributed by atoms with Crippen molar-refractivity contribution in [3.63, 3.8) is 0 Å². The number of likely N-dealkylation sites (tertiary alicyclic amines) is 1. The van der Waals surface area contributed by atoms with Gasteiger partial charge in [0, 0.05) is 25.2 Å². The largest absolute Gasteiger partial charge is 0.333 e. The Bertz CT molecular complexity index is 794. The van der Waals surface area contributed by atoms with Crippen molar-refractivity contribution in [2.24, 2.45) is 5.73 Å². The quantitative estimate of drug-likeness (QED) is 0.897. The number of carbonyl (C=O) groups is 1. The lowest BCUT2D eigenvalue weighted by atomic mass is 10.0. The van der Waals surface area contributed by atoms with Crippen LogP contribution in [0.5, 0.6) is 0 Å². The summed E-state index contributed by atoms with van der Waals surface area (Å²) in [5.41, 5.74) is 5.97. The van der Waals surface area contributed by atoms with Crippen LogP contribution in [-0.4, -0.2) is 39.7 Å². The van der Waals surface area contributed by atoms with Gasteiger partial charge < -0.3 is 10.6 Å². The molecule has 0 bridgehead atoms. The molecule has 2 aromatic rings. The summed E-state index contributed by atoms with van der Waals surface area (Å²) in [5, 5.41) is 4.17. The van der Waals surface area contributed by atoms with Gasteiger partial charge in [0.2, 0.25) is 0 Å². The highest BCUT2D eigenvalue weighted by atomic mass is 35.5. The maximum absolute atomic E-state index is 13.1. The lowest BCUT2D eigenvalue weighted by Gasteiger charge is -2.34. The molecule has 2 heterocycles. The van der Waals surface area contributed by atoms with Crippen molar-refractivity contribution in [3.05, 3.63) is 58.3 Å². The van der Waals surface area contributed by atoms with Gasteiger partial charge in [0.15, 0.2) is 0 Å². The molecule has 134 valence electrons. The minimum Gasteiger partial charge on any atom is -0.333 e. The van der Waals surface area contributed by atoms with E-state index in [4.69, 9.17) is 5.73 Å². The van der Waals surface area contributed by atoms with Gasteiger partial charge in [-0.2, -0.15) is 9.78 Å². The molecular formula is C17H20ClFN4O2. The number of halogens is 2. The van der Waals surface area contributed by atoms with Crippen molar-refractivity contribution in [1.82, 2.24) is 14.7 Å². The Morgan fingerprint density at radius 1 is 1.20 bits per heavy atom. The summed E-state index contributed by atoms with van der Waals surface area (Å²) in [6, 6.07) is 8.10. The van der Waals surface area contributed by atoms with E-state index >= 15 is 0 Å². The van der Waals surface area contributed by atoms with Crippen molar-refractivity contribution in [3.8, 4) is 5.69 Å². The van der Waals surface area contributed by atoms with Crippen LogP contribution in [0.25, 0.3) is 5.69 Å². The molecule has 8 heteroatoms. The molecule has 1 aromatic heterocycles. The van der Waals surface area contributed by atoms with Crippen LogP contribution in [0.1, 0.15) is 29.8 Å². The van der Waals surface area contributed by atoms with Crippen molar-refractivity contribution in [2.45, 2.75) is 25.3 Å².